The predicted molar refractivity (Wildman–Crippen MR) is 83.2 cm³/mol. The third-order valence-electron chi connectivity index (χ3n) is 3.03. The molecule has 0 amide bonds. The Morgan fingerprint density at radius 3 is 2.61 bits per heavy atom. The highest BCUT2D eigenvalue weighted by Gasteiger charge is 2.20. The van der Waals surface area contributed by atoms with Crippen LogP contribution in [0.1, 0.15) is 24.3 Å². The molecule has 2 aromatic rings. The average molecular weight is 324 g/mol. The first kappa shape index (κ1) is 13.8. The molecule has 0 unspecified atom stereocenters. The van der Waals surface area contributed by atoms with Gasteiger partial charge in [-0.15, -0.1) is 11.3 Å². The molecule has 0 aliphatic carbocycles. The van der Waals surface area contributed by atoms with E-state index >= 15 is 0 Å². The quantitative estimate of drug-likeness (QED) is 0.849. The van der Waals surface area contributed by atoms with E-state index in [1.165, 1.54) is 14.9 Å². The van der Waals surface area contributed by atoms with Crippen molar-refractivity contribution in [1.82, 2.24) is 5.32 Å². The topological polar surface area (TPSA) is 12.0 Å². The van der Waals surface area contributed by atoms with Crippen LogP contribution in [-0.2, 0) is 12.0 Å². The zero-order valence-electron chi connectivity index (χ0n) is 10.7. The molecular weight excluding hydrogens is 306 g/mol. The van der Waals surface area contributed by atoms with Crippen LogP contribution < -0.4 is 5.32 Å². The Balaban J connectivity index is 1.91. The molecule has 3 heteroatoms. The highest BCUT2D eigenvalue weighted by atomic mass is 79.9. The fraction of sp³-hybridized carbons (Fsp3) is 0.333. The van der Waals surface area contributed by atoms with Crippen LogP contribution >= 0.6 is 27.3 Å². The van der Waals surface area contributed by atoms with Gasteiger partial charge in [0.1, 0.15) is 0 Å². The van der Waals surface area contributed by atoms with Crippen LogP contribution in [0.15, 0.2) is 46.3 Å². The van der Waals surface area contributed by atoms with Crippen LogP contribution in [0.3, 0.4) is 0 Å². The summed E-state index contributed by atoms with van der Waals surface area (Å²) in [6, 6.07) is 12.7. The molecule has 96 valence electrons. The van der Waals surface area contributed by atoms with Gasteiger partial charge in [0.2, 0.25) is 0 Å². The van der Waals surface area contributed by atoms with E-state index in [1.54, 1.807) is 0 Å². The molecule has 0 saturated carbocycles. The Kier molecular flexibility index (Phi) is 4.60. The van der Waals surface area contributed by atoms with Gasteiger partial charge in [-0.2, -0.15) is 0 Å². The number of halogens is 1. The molecule has 0 saturated heterocycles. The molecule has 0 spiro atoms. The van der Waals surface area contributed by atoms with Gasteiger partial charge in [0.25, 0.3) is 0 Å². The van der Waals surface area contributed by atoms with E-state index in [0.717, 1.165) is 13.1 Å². The summed E-state index contributed by atoms with van der Waals surface area (Å²) < 4.78 is 1.17. The molecule has 0 aliphatic heterocycles. The van der Waals surface area contributed by atoms with Gasteiger partial charge in [-0.1, -0.05) is 54.0 Å². The van der Waals surface area contributed by atoms with Gasteiger partial charge in [0, 0.05) is 27.9 Å². The molecule has 0 radical (unpaired) electrons. The molecule has 18 heavy (non-hydrogen) atoms. The van der Waals surface area contributed by atoms with E-state index in [-0.39, 0.29) is 5.41 Å². The molecule has 0 bridgehead atoms. The summed E-state index contributed by atoms with van der Waals surface area (Å²) in [6.07, 6.45) is 0. The van der Waals surface area contributed by atoms with Crippen LogP contribution in [0.2, 0.25) is 0 Å². The molecule has 1 heterocycles. The minimum absolute atomic E-state index is 0.190. The number of thiophene rings is 1. The van der Waals surface area contributed by atoms with Crippen molar-refractivity contribution in [3.8, 4) is 0 Å². The Morgan fingerprint density at radius 1 is 1.17 bits per heavy atom. The minimum Gasteiger partial charge on any atom is -0.312 e. The van der Waals surface area contributed by atoms with Crippen molar-refractivity contribution in [2.75, 3.05) is 6.54 Å². The van der Waals surface area contributed by atoms with Crippen molar-refractivity contribution in [2.45, 2.75) is 25.8 Å². The van der Waals surface area contributed by atoms with Crippen molar-refractivity contribution in [3.05, 3.63) is 56.7 Å². The number of hydrogen-bond donors (Lipinski definition) is 1. The van der Waals surface area contributed by atoms with Crippen molar-refractivity contribution in [1.29, 1.82) is 0 Å². The van der Waals surface area contributed by atoms with Crippen LogP contribution in [0.25, 0.3) is 0 Å². The zero-order chi connectivity index (χ0) is 13.0. The first-order valence-corrected chi connectivity index (χ1v) is 7.75. The summed E-state index contributed by atoms with van der Waals surface area (Å²) in [5.74, 6) is 0. The van der Waals surface area contributed by atoms with Crippen molar-refractivity contribution in [2.24, 2.45) is 0 Å². The van der Waals surface area contributed by atoms with E-state index in [9.17, 15) is 0 Å². The Bertz CT molecular complexity index is 491. The van der Waals surface area contributed by atoms with Gasteiger partial charge >= 0.3 is 0 Å². The fourth-order valence-corrected chi connectivity index (χ4v) is 3.18. The number of hydrogen-bond acceptors (Lipinski definition) is 2. The van der Waals surface area contributed by atoms with E-state index in [4.69, 9.17) is 0 Å². The maximum absolute atomic E-state index is 3.58. The van der Waals surface area contributed by atoms with Crippen LogP contribution in [0, 0.1) is 0 Å². The molecule has 1 N–H and O–H groups in total. The van der Waals surface area contributed by atoms with Gasteiger partial charge in [0.15, 0.2) is 0 Å². The van der Waals surface area contributed by atoms with Crippen molar-refractivity contribution < 1.29 is 0 Å². The van der Waals surface area contributed by atoms with Crippen LogP contribution in [0.4, 0.5) is 0 Å². The second-order valence-corrected chi connectivity index (χ2v) is 6.86. The lowest BCUT2D eigenvalue weighted by molar-refractivity contribution is 0.476. The predicted octanol–water partition coefficient (Wildman–Crippen LogP) is 4.58. The average Bonchev–Trinajstić information content (AvgIpc) is 2.86. The van der Waals surface area contributed by atoms with E-state index in [0.29, 0.717) is 0 Å². The molecule has 0 fully saturated rings. The minimum atomic E-state index is 0.190. The second-order valence-electron chi connectivity index (χ2n) is 5.06. The van der Waals surface area contributed by atoms with Crippen LogP contribution in [-0.4, -0.2) is 6.54 Å². The Hall–Kier alpha value is -0.640. The summed E-state index contributed by atoms with van der Waals surface area (Å²) in [7, 11) is 0. The molecule has 1 aromatic heterocycles. The smallest absolute Gasteiger partial charge is 0.0220 e. The molecule has 1 nitrogen and oxygen atoms in total. The summed E-state index contributed by atoms with van der Waals surface area (Å²) in [5.41, 5.74) is 1.49. The Labute approximate surface area is 121 Å². The fourth-order valence-electron chi connectivity index (χ4n) is 1.90. The first-order valence-electron chi connectivity index (χ1n) is 6.08. The third kappa shape index (κ3) is 3.44. The molecule has 2 rings (SSSR count). The van der Waals surface area contributed by atoms with E-state index in [2.05, 4.69) is 70.8 Å². The maximum atomic E-state index is 3.58. The van der Waals surface area contributed by atoms with Gasteiger partial charge in [-0.25, -0.2) is 0 Å². The van der Waals surface area contributed by atoms with Gasteiger partial charge < -0.3 is 5.32 Å². The lowest BCUT2D eigenvalue weighted by atomic mass is 9.91. The summed E-state index contributed by atoms with van der Waals surface area (Å²) in [5, 5.41) is 5.69. The monoisotopic (exact) mass is 323 g/mol. The maximum Gasteiger partial charge on any atom is 0.0220 e. The largest absolute Gasteiger partial charge is 0.312 e. The lowest BCUT2D eigenvalue weighted by Crippen LogP contribution is -2.31. The lowest BCUT2D eigenvalue weighted by Gasteiger charge is -2.24. The Morgan fingerprint density at radius 2 is 1.94 bits per heavy atom. The normalized spacial score (nSPS) is 11.7. The zero-order valence-corrected chi connectivity index (χ0v) is 13.1. The highest BCUT2D eigenvalue weighted by molar-refractivity contribution is 9.10. The third-order valence-corrected chi connectivity index (χ3v) is 5.04. The van der Waals surface area contributed by atoms with Gasteiger partial charge in [-0.05, 0) is 23.1 Å². The SMILES string of the molecule is CC(C)(CNCc1ccccc1Br)c1cccs1. The number of benzene rings is 1. The second kappa shape index (κ2) is 6.00. The number of rotatable bonds is 5. The first-order chi connectivity index (χ1) is 8.59. The van der Waals surface area contributed by atoms with Crippen molar-refractivity contribution >= 4 is 27.3 Å². The summed E-state index contributed by atoms with van der Waals surface area (Å²) in [6.45, 7) is 6.45. The van der Waals surface area contributed by atoms with Gasteiger partial charge in [0.05, 0.1) is 0 Å². The van der Waals surface area contributed by atoms with Crippen LogP contribution in [0.5, 0.6) is 0 Å². The highest BCUT2D eigenvalue weighted by Crippen LogP contribution is 2.26. The molecule has 0 atom stereocenters. The van der Waals surface area contributed by atoms with E-state index < -0.39 is 0 Å². The number of nitrogens with one attached hydrogen (secondary N) is 1. The van der Waals surface area contributed by atoms with E-state index in [1.807, 2.05) is 17.4 Å². The summed E-state index contributed by atoms with van der Waals surface area (Å²) >= 11 is 5.41. The molecular formula is C15H18BrNS. The van der Waals surface area contributed by atoms with Crippen molar-refractivity contribution in [3.63, 3.8) is 0 Å². The standard InChI is InChI=1S/C15H18BrNS/c1-15(2,14-8-5-9-18-14)11-17-10-12-6-3-4-7-13(12)16/h3-9,17H,10-11H2,1-2H3. The molecule has 1 aromatic carbocycles. The summed E-state index contributed by atoms with van der Waals surface area (Å²) in [4.78, 5) is 1.43. The molecule has 0 aliphatic rings. The van der Waals surface area contributed by atoms with Gasteiger partial charge in [-0.3, -0.25) is 0 Å².